The quantitative estimate of drug-likeness (QED) is 0.839. The van der Waals surface area contributed by atoms with Gasteiger partial charge in [-0.15, -0.1) is 19.0 Å². The van der Waals surface area contributed by atoms with Crippen molar-refractivity contribution in [3.63, 3.8) is 0 Å². The molecule has 1 rings (SSSR count). The molecule has 0 aliphatic heterocycles. The van der Waals surface area contributed by atoms with Crippen molar-refractivity contribution >= 4 is 28.3 Å². The van der Waals surface area contributed by atoms with Gasteiger partial charge in [-0.1, -0.05) is 27.6 Å². The summed E-state index contributed by atoms with van der Waals surface area (Å²) in [7, 11) is 0. The molecular formula is C11H14BrClFN. The van der Waals surface area contributed by atoms with Gasteiger partial charge in [0.2, 0.25) is 0 Å². The lowest BCUT2D eigenvalue weighted by atomic mass is 10.0. The number of benzene rings is 1. The van der Waals surface area contributed by atoms with Gasteiger partial charge in [-0.2, -0.15) is 0 Å². The van der Waals surface area contributed by atoms with E-state index in [0.29, 0.717) is 12.0 Å². The fraction of sp³-hybridized carbons (Fsp3) is 0.273. The van der Waals surface area contributed by atoms with E-state index in [9.17, 15) is 4.39 Å². The van der Waals surface area contributed by atoms with Crippen molar-refractivity contribution in [2.24, 2.45) is 5.73 Å². The van der Waals surface area contributed by atoms with Crippen LogP contribution in [0, 0.1) is 5.82 Å². The van der Waals surface area contributed by atoms with E-state index in [1.165, 1.54) is 6.07 Å². The topological polar surface area (TPSA) is 26.0 Å². The lowest BCUT2D eigenvalue weighted by molar-refractivity contribution is 0.579. The van der Waals surface area contributed by atoms with Crippen LogP contribution in [0.3, 0.4) is 0 Å². The van der Waals surface area contributed by atoms with Crippen molar-refractivity contribution in [3.8, 4) is 0 Å². The first-order chi connectivity index (χ1) is 6.50. The maximum atomic E-state index is 13.4. The van der Waals surface area contributed by atoms with Gasteiger partial charge in [0.1, 0.15) is 5.82 Å². The number of nitrogens with two attached hydrogens (primary N) is 1. The van der Waals surface area contributed by atoms with Crippen LogP contribution in [0.2, 0.25) is 0 Å². The van der Waals surface area contributed by atoms with E-state index in [2.05, 4.69) is 22.5 Å². The zero-order valence-electron chi connectivity index (χ0n) is 8.47. The second-order valence-electron chi connectivity index (χ2n) is 3.43. The average molecular weight is 295 g/mol. The molecule has 0 saturated heterocycles. The van der Waals surface area contributed by atoms with Crippen molar-refractivity contribution in [3.05, 3.63) is 46.2 Å². The van der Waals surface area contributed by atoms with Gasteiger partial charge < -0.3 is 5.73 Å². The molecule has 0 heterocycles. The zero-order chi connectivity index (χ0) is 10.7. The fourth-order valence-corrected chi connectivity index (χ4v) is 1.62. The van der Waals surface area contributed by atoms with Gasteiger partial charge >= 0.3 is 0 Å². The van der Waals surface area contributed by atoms with Gasteiger partial charge in [0.15, 0.2) is 0 Å². The summed E-state index contributed by atoms with van der Waals surface area (Å²) >= 11 is 3.20. The molecule has 15 heavy (non-hydrogen) atoms. The first-order valence-electron chi connectivity index (χ1n) is 4.35. The van der Waals surface area contributed by atoms with Gasteiger partial charge in [0, 0.05) is 16.1 Å². The van der Waals surface area contributed by atoms with Crippen LogP contribution in [-0.4, -0.2) is 0 Å². The Morgan fingerprint density at radius 2 is 2.20 bits per heavy atom. The molecule has 0 bridgehead atoms. The van der Waals surface area contributed by atoms with Crippen molar-refractivity contribution in [2.75, 3.05) is 0 Å². The Hall–Kier alpha value is -0.380. The largest absolute Gasteiger partial charge is 0.324 e. The highest BCUT2D eigenvalue weighted by Crippen LogP contribution is 2.23. The summed E-state index contributed by atoms with van der Waals surface area (Å²) < 4.78 is 14.1. The molecule has 0 saturated carbocycles. The van der Waals surface area contributed by atoms with E-state index in [1.54, 1.807) is 12.1 Å². The highest BCUT2D eigenvalue weighted by atomic mass is 79.9. The second-order valence-corrected chi connectivity index (χ2v) is 4.35. The Morgan fingerprint density at radius 1 is 1.60 bits per heavy atom. The molecule has 1 aromatic carbocycles. The van der Waals surface area contributed by atoms with Crippen molar-refractivity contribution < 1.29 is 4.39 Å². The Morgan fingerprint density at radius 3 is 2.67 bits per heavy atom. The molecule has 84 valence electrons. The fourth-order valence-electron chi connectivity index (χ4n) is 1.29. The zero-order valence-corrected chi connectivity index (χ0v) is 10.9. The average Bonchev–Trinajstić information content (AvgIpc) is 2.01. The van der Waals surface area contributed by atoms with Crippen LogP contribution in [0.15, 0.2) is 34.8 Å². The summed E-state index contributed by atoms with van der Waals surface area (Å²) in [4.78, 5) is 0. The van der Waals surface area contributed by atoms with Gasteiger partial charge in [0.25, 0.3) is 0 Å². The van der Waals surface area contributed by atoms with Crippen LogP contribution >= 0.6 is 28.3 Å². The van der Waals surface area contributed by atoms with E-state index >= 15 is 0 Å². The molecule has 0 unspecified atom stereocenters. The molecule has 1 aromatic rings. The normalized spacial score (nSPS) is 11.7. The van der Waals surface area contributed by atoms with Crippen molar-refractivity contribution in [1.82, 2.24) is 0 Å². The standard InChI is InChI=1S/C11H13BrFN.ClH/c1-7(2)5-11(14)9-4-3-8(12)6-10(9)13;/h3-4,6,11H,1,5,14H2,2H3;1H/t11-;/m1./s1. The lowest BCUT2D eigenvalue weighted by Crippen LogP contribution is -2.12. The molecule has 0 amide bonds. The highest BCUT2D eigenvalue weighted by Gasteiger charge is 2.11. The molecule has 0 radical (unpaired) electrons. The molecule has 0 fully saturated rings. The molecular weight excluding hydrogens is 280 g/mol. The van der Waals surface area contributed by atoms with E-state index in [4.69, 9.17) is 5.73 Å². The Bertz CT molecular complexity index is 354. The highest BCUT2D eigenvalue weighted by molar-refractivity contribution is 9.10. The number of hydrogen-bond donors (Lipinski definition) is 1. The summed E-state index contributed by atoms with van der Waals surface area (Å²) in [5.74, 6) is -0.270. The molecule has 4 heteroatoms. The number of halogens is 3. The van der Waals surface area contributed by atoms with E-state index in [0.717, 1.165) is 10.0 Å². The minimum Gasteiger partial charge on any atom is -0.324 e. The molecule has 1 atom stereocenters. The first kappa shape index (κ1) is 14.6. The van der Waals surface area contributed by atoms with Gasteiger partial charge in [-0.05, 0) is 25.5 Å². The molecule has 0 aliphatic rings. The number of hydrogen-bond acceptors (Lipinski definition) is 1. The molecule has 0 aromatic heterocycles. The monoisotopic (exact) mass is 293 g/mol. The third-order valence-electron chi connectivity index (χ3n) is 1.93. The second kappa shape index (κ2) is 6.26. The maximum Gasteiger partial charge on any atom is 0.129 e. The maximum absolute atomic E-state index is 13.4. The SMILES string of the molecule is C=C(C)C[C@@H](N)c1ccc(Br)cc1F.Cl. The van der Waals surface area contributed by atoms with Crippen LogP contribution in [0.4, 0.5) is 4.39 Å². The molecule has 0 aliphatic carbocycles. The summed E-state index contributed by atoms with van der Waals surface area (Å²) in [5.41, 5.74) is 7.33. The van der Waals surface area contributed by atoms with Crippen LogP contribution in [-0.2, 0) is 0 Å². The van der Waals surface area contributed by atoms with E-state index in [1.807, 2.05) is 6.92 Å². The van der Waals surface area contributed by atoms with Crippen molar-refractivity contribution in [1.29, 1.82) is 0 Å². The first-order valence-corrected chi connectivity index (χ1v) is 5.15. The van der Waals surface area contributed by atoms with E-state index < -0.39 is 0 Å². The van der Waals surface area contributed by atoms with Crippen LogP contribution < -0.4 is 5.73 Å². The Balaban J connectivity index is 0.00000196. The molecule has 2 N–H and O–H groups in total. The number of rotatable bonds is 3. The Kier molecular flexibility index (Phi) is 6.10. The lowest BCUT2D eigenvalue weighted by Gasteiger charge is -2.12. The minimum absolute atomic E-state index is 0. The molecule has 1 nitrogen and oxygen atoms in total. The van der Waals surface area contributed by atoms with Crippen LogP contribution in [0.25, 0.3) is 0 Å². The minimum atomic E-state index is -0.305. The Labute approximate surface area is 104 Å². The summed E-state index contributed by atoms with van der Waals surface area (Å²) in [6, 6.07) is 4.61. The van der Waals surface area contributed by atoms with Gasteiger partial charge in [0.05, 0.1) is 0 Å². The summed E-state index contributed by atoms with van der Waals surface area (Å²) in [6.07, 6.45) is 0.610. The van der Waals surface area contributed by atoms with Gasteiger partial charge in [-0.25, -0.2) is 4.39 Å². The summed E-state index contributed by atoms with van der Waals surface area (Å²) in [5, 5.41) is 0. The summed E-state index contributed by atoms with van der Waals surface area (Å²) in [6.45, 7) is 5.64. The van der Waals surface area contributed by atoms with E-state index in [-0.39, 0.29) is 24.3 Å². The molecule has 0 spiro atoms. The van der Waals surface area contributed by atoms with Gasteiger partial charge in [-0.3, -0.25) is 0 Å². The smallest absolute Gasteiger partial charge is 0.129 e. The van der Waals surface area contributed by atoms with Crippen LogP contribution in [0.1, 0.15) is 24.9 Å². The third kappa shape index (κ3) is 4.33. The van der Waals surface area contributed by atoms with Crippen molar-refractivity contribution in [2.45, 2.75) is 19.4 Å². The van der Waals surface area contributed by atoms with Crippen LogP contribution in [0.5, 0.6) is 0 Å². The third-order valence-corrected chi connectivity index (χ3v) is 2.42. The predicted molar refractivity (Wildman–Crippen MR) is 67.7 cm³/mol. The predicted octanol–water partition coefficient (Wildman–Crippen LogP) is 3.98.